The zero-order valence-corrected chi connectivity index (χ0v) is 11.1. The molecule has 0 aliphatic carbocycles. The van der Waals surface area contributed by atoms with Crippen LogP contribution in [0.15, 0.2) is 24.3 Å². The topological polar surface area (TPSA) is 50.2 Å². The third kappa shape index (κ3) is 2.33. The average molecular weight is 258 g/mol. The first kappa shape index (κ1) is 12.2. The SMILES string of the molecule is Cn1nc(CN2CCCNCC2=O)c2ccccc21. The first-order chi connectivity index (χ1) is 9.25. The third-order valence-corrected chi connectivity index (χ3v) is 3.59. The number of fused-ring (bicyclic) bond motifs is 1. The van der Waals surface area contributed by atoms with E-state index in [1.165, 1.54) is 0 Å². The maximum atomic E-state index is 12.0. The highest BCUT2D eigenvalue weighted by molar-refractivity contribution is 5.83. The Bertz CT molecular complexity index is 605. The number of nitrogens with zero attached hydrogens (tertiary/aromatic N) is 3. The van der Waals surface area contributed by atoms with Crippen LogP contribution in [0.1, 0.15) is 12.1 Å². The first-order valence-corrected chi connectivity index (χ1v) is 6.65. The molecule has 2 heterocycles. The molecule has 5 nitrogen and oxygen atoms in total. The molecule has 0 saturated carbocycles. The fourth-order valence-electron chi connectivity index (χ4n) is 2.58. The van der Waals surface area contributed by atoms with Gasteiger partial charge in [-0.05, 0) is 19.0 Å². The Morgan fingerprint density at radius 1 is 1.37 bits per heavy atom. The molecule has 5 heteroatoms. The number of amides is 1. The number of aryl methyl sites for hydroxylation is 1. The van der Waals surface area contributed by atoms with E-state index < -0.39 is 0 Å². The molecule has 19 heavy (non-hydrogen) atoms. The monoisotopic (exact) mass is 258 g/mol. The summed E-state index contributed by atoms with van der Waals surface area (Å²) in [5.74, 6) is 0.159. The first-order valence-electron chi connectivity index (χ1n) is 6.65. The van der Waals surface area contributed by atoms with Crippen molar-refractivity contribution in [3.8, 4) is 0 Å². The van der Waals surface area contributed by atoms with Gasteiger partial charge in [-0.1, -0.05) is 18.2 Å². The molecular formula is C14H18N4O. The van der Waals surface area contributed by atoms with E-state index in [2.05, 4.69) is 22.5 Å². The van der Waals surface area contributed by atoms with Crippen molar-refractivity contribution in [2.75, 3.05) is 19.6 Å². The highest BCUT2D eigenvalue weighted by atomic mass is 16.2. The molecule has 0 unspecified atom stereocenters. The van der Waals surface area contributed by atoms with Gasteiger partial charge in [0.25, 0.3) is 0 Å². The molecule has 0 bridgehead atoms. The summed E-state index contributed by atoms with van der Waals surface area (Å²) in [5, 5.41) is 8.82. The van der Waals surface area contributed by atoms with Gasteiger partial charge in [-0.3, -0.25) is 9.48 Å². The highest BCUT2D eigenvalue weighted by Gasteiger charge is 2.19. The Kier molecular flexibility index (Phi) is 3.21. The smallest absolute Gasteiger partial charge is 0.236 e. The zero-order chi connectivity index (χ0) is 13.2. The minimum atomic E-state index is 0.159. The van der Waals surface area contributed by atoms with Gasteiger partial charge >= 0.3 is 0 Å². The lowest BCUT2D eigenvalue weighted by atomic mass is 10.2. The molecule has 3 rings (SSSR count). The Labute approximate surface area is 112 Å². The fraction of sp³-hybridized carbons (Fsp3) is 0.429. The molecule has 1 aromatic heterocycles. The number of carbonyl (C=O) groups excluding carboxylic acids is 1. The highest BCUT2D eigenvalue weighted by Crippen LogP contribution is 2.19. The van der Waals surface area contributed by atoms with Crippen LogP contribution in [0.2, 0.25) is 0 Å². The number of aromatic nitrogens is 2. The molecule has 1 fully saturated rings. The molecule has 1 saturated heterocycles. The predicted molar refractivity (Wildman–Crippen MR) is 73.6 cm³/mol. The van der Waals surface area contributed by atoms with Gasteiger partial charge < -0.3 is 10.2 Å². The largest absolute Gasteiger partial charge is 0.336 e. The van der Waals surface area contributed by atoms with Crippen molar-refractivity contribution in [3.63, 3.8) is 0 Å². The number of benzene rings is 1. The van der Waals surface area contributed by atoms with Crippen molar-refractivity contribution in [1.82, 2.24) is 20.0 Å². The van der Waals surface area contributed by atoms with Gasteiger partial charge in [0.1, 0.15) is 0 Å². The lowest BCUT2D eigenvalue weighted by Crippen LogP contribution is -2.34. The molecule has 1 aliphatic heterocycles. The van der Waals surface area contributed by atoms with E-state index in [9.17, 15) is 4.79 Å². The van der Waals surface area contributed by atoms with Crippen molar-refractivity contribution in [3.05, 3.63) is 30.0 Å². The van der Waals surface area contributed by atoms with Crippen molar-refractivity contribution in [2.45, 2.75) is 13.0 Å². The second-order valence-electron chi connectivity index (χ2n) is 4.93. The van der Waals surface area contributed by atoms with Crippen LogP contribution in [-0.2, 0) is 18.4 Å². The van der Waals surface area contributed by atoms with Crippen LogP contribution < -0.4 is 5.32 Å². The summed E-state index contributed by atoms with van der Waals surface area (Å²) in [6.45, 7) is 2.74. The van der Waals surface area contributed by atoms with Crippen molar-refractivity contribution < 1.29 is 4.79 Å². The predicted octanol–water partition coefficient (Wildman–Crippen LogP) is 0.895. The summed E-state index contributed by atoms with van der Waals surface area (Å²) in [6.07, 6.45) is 0.997. The minimum absolute atomic E-state index is 0.159. The molecule has 0 atom stereocenters. The summed E-state index contributed by atoms with van der Waals surface area (Å²) in [5.41, 5.74) is 2.09. The van der Waals surface area contributed by atoms with Gasteiger partial charge in [0.15, 0.2) is 0 Å². The molecule has 0 radical (unpaired) electrons. The quantitative estimate of drug-likeness (QED) is 0.870. The molecular weight excluding hydrogens is 240 g/mol. The Hall–Kier alpha value is -1.88. The maximum Gasteiger partial charge on any atom is 0.236 e. The minimum Gasteiger partial charge on any atom is -0.336 e. The second kappa shape index (κ2) is 5.01. The van der Waals surface area contributed by atoms with E-state index in [4.69, 9.17) is 0 Å². The lowest BCUT2D eigenvalue weighted by molar-refractivity contribution is -0.130. The summed E-state index contributed by atoms with van der Waals surface area (Å²) < 4.78 is 1.88. The van der Waals surface area contributed by atoms with Gasteiger partial charge in [-0.2, -0.15) is 5.10 Å². The normalized spacial score (nSPS) is 16.9. The average Bonchev–Trinajstić information content (AvgIpc) is 2.59. The van der Waals surface area contributed by atoms with E-state index >= 15 is 0 Å². The zero-order valence-electron chi connectivity index (χ0n) is 11.1. The standard InChI is InChI=1S/C14H18N4O/c1-17-13-6-3-2-5-11(13)12(16-17)10-18-8-4-7-15-9-14(18)19/h2-3,5-6,15H,4,7-10H2,1H3. The van der Waals surface area contributed by atoms with E-state index in [0.29, 0.717) is 13.1 Å². The molecule has 1 N–H and O–H groups in total. The third-order valence-electron chi connectivity index (χ3n) is 3.59. The van der Waals surface area contributed by atoms with Crippen LogP contribution in [0.4, 0.5) is 0 Å². The Balaban J connectivity index is 1.90. The number of carbonyl (C=O) groups is 1. The van der Waals surface area contributed by atoms with Gasteiger partial charge in [-0.15, -0.1) is 0 Å². The summed E-state index contributed by atoms with van der Waals surface area (Å²) >= 11 is 0. The van der Waals surface area contributed by atoms with Crippen LogP contribution in [0, 0.1) is 0 Å². The van der Waals surface area contributed by atoms with Gasteiger partial charge in [0.05, 0.1) is 24.3 Å². The van der Waals surface area contributed by atoms with Crippen LogP contribution in [0.3, 0.4) is 0 Å². The van der Waals surface area contributed by atoms with E-state index in [-0.39, 0.29) is 5.91 Å². The van der Waals surface area contributed by atoms with Gasteiger partial charge in [0.2, 0.25) is 5.91 Å². The van der Waals surface area contributed by atoms with Crippen LogP contribution >= 0.6 is 0 Å². The van der Waals surface area contributed by atoms with Crippen LogP contribution in [0.5, 0.6) is 0 Å². The molecule has 100 valence electrons. The van der Waals surface area contributed by atoms with E-state index in [1.54, 1.807) is 0 Å². The second-order valence-corrected chi connectivity index (χ2v) is 4.93. The number of nitrogens with one attached hydrogen (secondary N) is 1. The van der Waals surface area contributed by atoms with Crippen molar-refractivity contribution >= 4 is 16.8 Å². The number of hydrogen-bond donors (Lipinski definition) is 1. The lowest BCUT2D eigenvalue weighted by Gasteiger charge is -2.18. The van der Waals surface area contributed by atoms with E-state index in [1.807, 2.05) is 28.8 Å². The van der Waals surface area contributed by atoms with Crippen molar-refractivity contribution in [1.29, 1.82) is 0 Å². The summed E-state index contributed by atoms with van der Waals surface area (Å²) in [4.78, 5) is 13.9. The number of para-hydroxylation sites is 1. The fourth-order valence-corrected chi connectivity index (χ4v) is 2.58. The Morgan fingerprint density at radius 2 is 2.21 bits per heavy atom. The molecule has 1 aromatic carbocycles. The molecule has 1 aliphatic rings. The number of hydrogen-bond acceptors (Lipinski definition) is 3. The molecule has 2 aromatic rings. The summed E-state index contributed by atoms with van der Waals surface area (Å²) in [7, 11) is 1.94. The van der Waals surface area contributed by atoms with Gasteiger partial charge in [-0.25, -0.2) is 0 Å². The maximum absolute atomic E-state index is 12.0. The number of rotatable bonds is 2. The van der Waals surface area contributed by atoms with E-state index in [0.717, 1.165) is 36.1 Å². The van der Waals surface area contributed by atoms with Crippen LogP contribution in [0.25, 0.3) is 10.9 Å². The Morgan fingerprint density at radius 3 is 3.11 bits per heavy atom. The van der Waals surface area contributed by atoms with Gasteiger partial charge in [0, 0.05) is 19.0 Å². The summed E-state index contributed by atoms with van der Waals surface area (Å²) in [6, 6.07) is 8.14. The molecule has 1 amide bonds. The van der Waals surface area contributed by atoms with Crippen molar-refractivity contribution in [2.24, 2.45) is 7.05 Å². The molecule has 0 spiro atoms. The van der Waals surface area contributed by atoms with Crippen LogP contribution in [-0.4, -0.2) is 40.2 Å².